The van der Waals surface area contributed by atoms with Gasteiger partial charge < -0.3 is 19.5 Å². The third-order valence-electron chi connectivity index (χ3n) is 5.90. The lowest BCUT2D eigenvalue weighted by molar-refractivity contribution is -0.140. The monoisotopic (exact) mass is 449 g/mol. The second-order valence-electron chi connectivity index (χ2n) is 7.87. The van der Waals surface area contributed by atoms with E-state index in [1.54, 1.807) is 12.4 Å². The van der Waals surface area contributed by atoms with E-state index in [1.165, 1.54) is 12.7 Å². The number of ether oxygens (including phenoxy) is 1. The molecule has 0 spiro atoms. The summed E-state index contributed by atoms with van der Waals surface area (Å²) in [6.45, 7) is 4.87. The van der Waals surface area contributed by atoms with Crippen molar-refractivity contribution in [3.63, 3.8) is 0 Å². The molecule has 7 nitrogen and oxygen atoms in total. The minimum absolute atomic E-state index is 0.0494. The fourth-order valence-electron chi connectivity index (χ4n) is 4.45. The Kier molecular flexibility index (Phi) is 6.50. The Morgan fingerprint density at radius 2 is 2.06 bits per heavy atom. The largest absolute Gasteiger partial charge is 0.469 e. The van der Waals surface area contributed by atoms with Crippen molar-refractivity contribution in [1.29, 1.82) is 0 Å². The predicted molar refractivity (Wildman–Crippen MR) is 126 cm³/mol. The average molecular weight is 450 g/mol. The molecule has 0 bridgehead atoms. The molecule has 0 aliphatic carbocycles. The summed E-state index contributed by atoms with van der Waals surface area (Å²) >= 11 is 5.73. The lowest BCUT2D eigenvalue weighted by atomic mass is 9.96. The van der Waals surface area contributed by atoms with E-state index in [-0.39, 0.29) is 18.1 Å². The smallest absolute Gasteiger partial charge is 0.305 e. The van der Waals surface area contributed by atoms with Crippen LogP contribution in [0.1, 0.15) is 47.6 Å². The summed E-state index contributed by atoms with van der Waals surface area (Å²) in [4.78, 5) is 22.7. The molecule has 0 unspecified atom stereocenters. The number of thiocarbonyl (C=S) groups is 1. The van der Waals surface area contributed by atoms with Crippen molar-refractivity contribution in [2.45, 2.75) is 38.8 Å². The molecule has 3 aromatic heterocycles. The van der Waals surface area contributed by atoms with Crippen LogP contribution < -0.4 is 5.32 Å². The topological polar surface area (TPSA) is 72.3 Å². The zero-order valence-corrected chi connectivity index (χ0v) is 19.3. The zero-order chi connectivity index (χ0) is 22.7. The van der Waals surface area contributed by atoms with Crippen LogP contribution in [0.15, 0.2) is 55.0 Å². The number of nitrogens with one attached hydrogen (secondary N) is 1. The van der Waals surface area contributed by atoms with Gasteiger partial charge in [-0.3, -0.25) is 14.8 Å². The number of methoxy groups -OCH3 is 1. The molecule has 1 fully saturated rings. The summed E-state index contributed by atoms with van der Waals surface area (Å²) in [6, 6.07) is 12.0. The minimum atomic E-state index is -0.212. The second-order valence-corrected chi connectivity index (χ2v) is 8.26. The van der Waals surface area contributed by atoms with Gasteiger partial charge in [-0.15, -0.1) is 0 Å². The van der Waals surface area contributed by atoms with E-state index in [0.717, 1.165) is 22.8 Å². The first-order chi connectivity index (χ1) is 15.5. The highest BCUT2D eigenvalue weighted by molar-refractivity contribution is 7.80. The third kappa shape index (κ3) is 4.23. The number of esters is 1. The molecule has 0 saturated carbocycles. The highest BCUT2D eigenvalue weighted by atomic mass is 32.1. The van der Waals surface area contributed by atoms with Crippen LogP contribution in [-0.4, -0.2) is 44.2 Å². The van der Waals surface area contributed by atoms with Gasteiger partial charge in [-0.25, -0.2) is 0 Å². The lowest BCUT2D eigenvalue weighted by Crippen LogP contribution is -2.31. The molecular formula is C24H27N5O2S. The third-order valence-corrected chi connectivity index (χ3v) is 6.25. The molecule has 166 valence electrons. The molecule has 2 atom stereocenters. The van der Waals surface area contributed by atoms with E-state index in [9.17, 15) is 4.79 Å². The average Bonchev–Trinajstić information content (AvgIpc) is 3.29. The Hall–Kier alpha value is -3.26. The van der Waals surface area contributed by atoms with Crippen molar-refractivity contribution in [3.05, 3.63) is 77.6 Å². The van der Waals surface area contributed by atoms with E-state index >= 15 is 0 Å². The van der Waals surface area contributed by atoms with Gasteiger partial charge in [-0.1, -0.05) is 6.07 Å². The van der Waals surface area contributed by atoms with E-state index in [4.69, 9.17) is 17.0 Å². The zero-order valence-electron chi connectivity index (χ0n) is 18.5. The molecule has 1 aliphatic rings. The number of nitrogens with zero attached hydrogens (tertiary/aromatic N) is 4. The maximum absolute atomic E-state index is 11.7. The van der Waals surface area contributed by atoms with Crippen LogP contribution in [0.25, 0.3) is 5.69 Å². The number of hydrogen-bond acceptors (Lipinski definition) is 5. The van der Waals surface area contributed by atoms with E-state index in [1.807, 2.05) is 30.5 Å². The van der Waals surface area contributed by atoms with Gasteiger partial charge in [-0.2, -0.15) is 0 Å². The van der Waals surface area contributed by atoms with Crippen molar-refractivity contribution >= 4 is 23.3 Å². The summed E-state index contributed by atoms with van der Waals surface area (Å²) in [5.74, 6) is -0.212. The Balaban J connectivity index is 1.74. The molecule has 0 aromatic carbocycles. The molecule has 0 radical (unpaired) electrons. The molecule has 0 amide bonds. The summed E-state index contributed by atoms with van der Waals surface area (Å²) < 4.78 is 7.02. The SMILES string of the molecule is COC(=O)CCCN1C(=S)N[C@H](c2ccccn2)[C@@H]1c1cc(C)n(-c2cccnc2)c1C. The first-order valence-corrected chi connectivity index (χ1v) is 11.1. The van der Waals surface area contributed by atoms with Crippen molar-refractivity contribution in [3.8, 4) is 5.69 Å². The van der Waals surface area contributed by atoms with Crippen molar-refractivity contribution in [2.75, 3.05) is 13.7 Å². The number of rotatable bonds is 7. The fourth-order valence-corrected chi connectivity index (χ4v) is 4.78. The number of hydrogen-bond donors (Lipinski definition) is 1. The van der Waals surface area contributed by atoms with Gasteiger partial charge >= 0.3 is 5.97 Å². The fraction of sp³-hybridized carbons (Fsp3) is 0.333. The van der Waals surface area contributed by atoms with Crippen LogP contribution >= 0.6 is 12.2 Å². The highest BCUT2D eigenvalue weighted by Gasteiger charge is 2.41. The molecule has 1 aliphatic heterocycles. The first kappa shape index (κ1) is 22.0. The Morgan fingerprint density at radius 1 is 1.22 bits per heavy atom. The van der Waals surface area contributed by atoms with Crippen LogP contribution in [0, 0.1) is 13.8 Å². The van der Waals surface area contributed by atoms with Gasteiger partial charge in [0.05, 0.1) is 36.8 Å². The Labute approximate surface area is 193 Å². The number of carbonyl (C=O) groups is 1. The molecule has 32 heavy (non-hydrogen) atoms. The quantitative estimate of drug-likeness (QED) is 0.434. The first-order valence-electron chi connectivity index (χ1n) is 10.7. The van der Waals surface area contributed by atoms with Gasteiger partial charge in [0.2, 0.25) is 0 Å². The number of aromatic nitrogens is 3. The summed E-state index contributed by atoms with van der Waals surface area (Å²) in [5.41, 5.74) is 5.38. The maximum atomic E-state index is 11.7. The molecular weight excluding hydrogens is 422 g/mol. The van der Waals surface area contributed by atoms with Gasteiger partial charge in [-0.05, 0) is 68.4 Å². The molecule has 8 heteroatoms. The van der Waals surface area contributed by atoms with Crippen molar-refractivity contribution in [1.82, 2.24) is 24.8 Å². The van der Waals surface area contributed by atoms with Gasteiger partial charge in [0.1, 0.15) is 0 Å². The summed E-state index contributed by atoms with van der Waals surface area (Å²) in [5, 5.41) is 4.14. The van der Waals surface area contributed by atoms with Crippen LogP contribution in [0.3, 0.4) is 0 Å². The van der Waals surface area contributed by atoms with Crippen LogP contribution in [0.4, 0.5) is 0 Å². The predicted octanol–water partition coefficient (Wildman–Crippen LogP) is 3.81. The maximum Gasteiger partial charge on any atom is 0.305 e. The van der Waals surface area contributed by atoms with Gasteiger partial charge in [0.25, 0.3) is 0 Å². The molecule has 1 N–H and O–H groups in total. The molecule has 1 saturated heterocycles. The lowest BCUT2D eigenvalue weighted by Gasteiger charge is -2.28. The van der Waals surface area contributed by atoms with Crippen LogP contribution in [0.5, 0.6) is 0 Å². The van der Waals surface area contributed by atoms with Crippen molar-refractivity contribution in [2.24, 2.45) is 0 Å². The standard InChI is InChI=1S/C24H27N5O2S/c1-16-14-19(17(2)29(16)18-8-6-11-25-15-18)23-22(20-9-4-5-12-26-20)27-24(32)28(23)13-7-10-21(30)31-3/h4-6,8-9,11-12,14-15,22-23H,7,10,13H2,1-3H3,(H,27,32)/t22-,23+/m1/s1. The Morgan fingerprint density at radius 3 is 2.75 bits per heavy atom. The van der Waals surface area contributed by atoms with Crippen LogP contribution in [-0.2, 0) is 9.53 Å². The highest BCUT2D eigenvalue weighted by Crippen LogP contribution is 2.41. The van der Waals surface area contributed by atoms with E-state index < -0.39 is 0 Å². The molecule has 3 aromatic rings. The minimum Gasteiger partial charge on any atom is -0.469 e. The second kappa shape index (κ2) is 9.48. The van der Waals surface area contributed by atoms with Gasteiger partial charge in [0, 0.05) is 36.7 Å². The molecule has 4 rings (SSSR count). The summed E-state index contributed by atoms with van der Waals surface area (Å²) in [6.07, 6.45) is 6.45. The van der Waals surface area contributed by atoms with E-state index in [0.29, 0.717) is 24.5 Å². The van der Waals surface area contributed by atoms with E-state index in [2.05, 4.69) is 50.7 Å². The van der Waals surface area contributed by atoms with Gasteiger partial charge in [0.15, 0.2) is 5.11 Å². The number of pyridine rings is 2. The van der Waals surface area contributed by atoms with Crippen LogP contribution in [0.2, 0.25) is 0 Å². The number of aryl methyl sites for hydroxylation is 1. The molecule has 4 heterocycles. The van der Waals surface area contributed by atoms with Crippen molar-refractivity contribution < 1.29 is 9.53 Å². The Bertz CT molecular complexity index is 1100. The normalized spacial score (nSPS) is 18.0. The number of carbonyl (C=O) groups excluding carboxylic acids is 1. The summed E-state index contributed by atoms with van der Waals surface area (Å²) in [7, 11) is 1.41.